The van der Waals surface area contributed by atoms with Crippen LogP contribution in [0, 0.1) is 0 Å². The van der Waals surface area contributed by atoms with E-state index in [1.807, 2.05) is 11.8 Å². The number of aromatic nitrogens is 1. The lowest BCUT2D eigenvalue weighted by atomic mass is 9.67. The highest BCUT2D eigenvalue weighted by molar-refractivity contribution is 7.98. The fraction of sp³-hybridized carbons (Fsp3) is 0.169. The van der Waals surface area contributed by atoms with Gasteiger partial charge in [0, 0.05) is 54.7 Å². The smallest absolute Gasteiger partial charge is 0.0544 e. The number of nitrogens with zero attached hydrogens (tertiary/aromatic N) is 2. The molecule has 1 atom stereocenters. The molecular weight excluding hydrogens is 985 g/mol. The van der Waals surface area contributed by atoms with Gasteiger partial charge in [0.05, 0.1) is 11.0 Å². The van der Waals surface area contributed by atoms with Gasteiger partial charge in [-0.25, -0.2) is 0 Å². The van der Waals surface area contributed by atoms with Crippen LogP contribution in [0.4, 0.5) is 11.4 Å². The van der Waals surface area contributed by atoms with Gasteiger partial charge < -0.3 is 9.47 Å². The molecule has 5 aliphatic carbocycles. The zero-order valence-corrected chi connectivity index (χ0v) is 47.5. The van der Waals surface area contributed by atoms with Gasteiger partial charge >= 0.3 is 0 Å². The van der Waals surface area contributed by atoms with E-state index in [1.165, 1.54) is 122 Å². The summed E-state index contributed by atoms with van der Waals surface area (Å²) in [6.07, 6.45) is 35.1. The molecule has 9 aromatic rings. The lowest BCUT2D eigenvalue weighted by molar-refractivity contribution is 0.571. The summed E-state index contributed by atoms with van der Waals surface area (Å²) in [7, 11) is 0. The second-order valence-electron chi connectivity index (χ2n) is 23.2. The Labute approximate surface area is 476 Å². The van der Waals surface area contributed by atoms with Gasteiger partial charge in [0.2, 0.25) is 0 Å². The predicted molar refractivity (Wildman–Crippen MR) is 343 cm³/mol. The van der Waals surface area contributed by atoms with Gasteiger partial charge in [-0.05, 0) is 183 Å². The van der Waals surface area contributed by atoms with Gasteiger partial charge in [-0.1, -0.05) is 210 Å². The highest BCUT2D eigenvalue weighted by atomic mass is 32.2. The van der Waals surface area contributed by atoms with E-state index < -0.39 is 0 Å². The van der Waals surface area contributed by atoms with Crippen molar-refractivity contribution in [3.63, 3.8) is 0 Å². The van der Waals surface area contributed by atoms with E-state index in [0.29, 0.717) is 0 Å². The monoisotopic (exact) mass is 1050 g/mol. The minimum absolute atomic E-state index is 0.134. The Morgan fingerprint density at radius 2 is 1.25 bits per heavy atom. The van der Waals surface area contributed by atoms with E-state index in [2.05, 4.69) is 293 Å². The standard InChI is InChI=1S/C77H66N2S/c1-7-8-9-12-24-47-77(67-39-22-23-40-71(67)80-6)66-38-21-19-33-59(66)61-35-26-34-56(73(61)77)51-27-25-30-53(48-51)79-69-45-42-54(49-63(69)72-70(79)46-44-62-58-32-18-20-37-65(58)76(4,5)74(62)72)78(52-28-14-10-11-15-29-52)55-41-43-60-57-31-16-13-17-36-64(57)75(2,3)68(60)50-55/h7-14,16-23,25-30,32-46,48-50H,15,24,31,47H2,1-6H3/b8-7-,12-9-. The second kappa shape index (κ2) is 19.5. The topological polar surface area (TPSA) is 8.17 Å². The van der Waals surface area contributed by atoms with E-state index >= 15 is 0 Å². The molecule has 3 heteroatoms. The molecular formula is C77H66N2S. The van der Waals surface area contributed by atoms with Gasteiger partial charge in [-0.3, -0.25) is 0 Å². The molecule has 0 amide bonds. The quantitative estimate of drug-likeness (QED) is 0.0942. The van der Waals surface area contributed by atoms with Crippen LogP contribution >= 0.6 is 11.8 Å². The zero-order chi connectivity index (χ0) is 54.3. The average Bonchev–Trinajstić information content (AvgIpc) is 4.11. The highest BCUT2D eigenvalue weighted by Gasteiger charge is 2.47. The van der Waals surface area contributed by atoms with Gasteiger partial charge in [0.15, 0.2) is 0 Å². The third kappa shape index (κ3) is 7.53. The van der Waals surface area contributed by atoms with Crippen molar-refractivity contribution in [1.29, 1.82) is 0 Å². The van der Waals surface area contributed by atoms with Crippen LogP contribution in [0.3, 0.4) is 0 Å². The Morgan fingerprint density at radius 1 is 0.562 bits per heavy atom. The summed E-state index contributed by atoms with van der Waals surface area (Å²) < 4.78 is 2.56. The van der Waals surface area contributed by atoms with E-state index in [9.17, 15) is 0 Å². The van der Waals surface area contributed by atoms with Crippen molar-refractivity contribution < 1.29 is 0 Å². The van der Waals surface area contributed by atoms with Crippen LogP contribution < -0.4 is 4.90 Å². The largest absolute Gasteiger partial charge is 0.311 e. The summed E-state index contributed by atoms with van der Waals surface area (Å²) in [6.45, 7) is 11.8. The molecule has 0 aliphatic heterocycles. The second-order valence-corrected chi connectivity index (χ2v) is 24.1. The van der Waals surface area contributed by atoms with E-state index in [1.54, 1.807) is 0 Å². The molecule has 1 unspecified atom stereocenters. The van der Waals surface area contributed by atoms with Crippen LogP contribution in [0.15, 0.2) is 259 Å². The Bertz CT molecular complexity index is 4300. The summed E-state index contributed by atoms with van der Waals surface area (Å²) in [5.41, 5.74) is 26.6. The number of hydrogen-bond donors (Lipinski definition) is 0. The third-order valence-electron chi connectivity index (χ3n) is 18.3. The molecule has 14 rings (SSSR count). The Balaban J connectivity index is 0.990. The van der Waals surface area contributed by atoms with Crippen LogP contribution in [0.2, 0.25) is 0 Å². The first-order valence-electron chi connectivity index (χ1n) is 28.7. The summed E-state index contributed by atoms with van der Waals surface area (Å²) in [4.78, 5) is 3.83. The lowest BCUT2D eigenvalue weighted by Crippen LogP contribution is -2.28. The number of benzene rings is 8. The number of anilines is 2. The molecule has 1 heterocycles. The molecule has 0 N–H and O–H groups in total. The molecule has 0 spiro atoms. The van der Waals surface area contributed by atoms with Gasteiger partial charge in [0.1, 0.15) is 0 Å². The maximum Gasteiger partial charge on any atom is 0.0544 e. The van der Waals surface area contributed by atoms with Gasteiger partial charge in [-0.15, -0.1) is 11.8 Å². The fourth-order valence-corrected chi connectivity index (χ4v) is 15.5. The first-order valence-corrected chi connectivity index (χ1v) is 29.9. The van der Waals surface area contributed by atoms with E-state index in [-0.39, 0.29) is 16.2 Å². The van der Waals surface area contributed by atoms with Crippen molar-refractivity contribution >= 4 is 50.5 Å². The normalized spacial score (nSPS) is 17.9. The number of fused-ring (bicyclic) bond motifs is 12. The first-order chi connectivity index (χ1) is 39.1. The van der Waals surface area contributed by atoms with Crippen LogP contribution in [0.25, 0.3) is 66.4 Å². The molecule has 2 nitrogen and oxygen atoms in total. The molecule has 0 bridgehead atoms. The molecule has 390 valence electrons. The van der Waals surface area contributed by atoms with Crippen molar-refractivity contribution in [1.82, 2.24) is 4.57 Å². The van der Waals surface area contributed by atoms with Crippen molar-refractivity contribution in [2.24, 2.45) is 0 Å². The van der Waals surface area contributed by atoms with Crippen molar-refractivity contribution in [3.8, 4) is 39.1 Å². The number of allylic oxidation sites excluding steroid dienone is 15. The number of rotatable bonds is 11. The third-order valence-corrected chi connectivity index (χ3v) is 19.1. The summed E-state index contributed by atoms with van der Waals surface area (Å²) >= 11 is 1.85. The molecule has 8 aromatic carbocycles. The number of hydrogen-bond acceptors (Lipinski definition) is 2. The highest BCUT2D eigenvalue weighted by Crippen LogP contribution is 2.60. The molecule has 5 aliphatic rings. The Hall–Kier alpha value is -8.37. The van der Waals surface area contributed by atoms with Crippen LogP contribution in [-0.4, -0.2) is 10.8 Å². The minimum Gasteiger partial charge on any atom is -0.311 e. The first kappa shape index (κ1) is 49.9. The molecule has 1 aromatic heterocycles. The SMILES string of the molecule is C/C=C\C=C/CCC1(c2ccccc2SC)c2ccccc2-c2cccc(-c3cccc(-n4c5ccc(N(C6=CCC=CC=C6)c6ccc7c(c6)C(C)(C)C6=C7CC=CC=C6)cc5c5c6c(ccc54)-c4ccccc4C6(C)C)c3)c21. The Kier molecular flexibility index (Phi) is 12.1. The summed E-state index contributed by atoms with van der Waals surface area (Å²) in [5, 5.41) is 2.57. The maximum atomic E-state index is 2.56. The fourth-order valence-electron chi connectivity index (χ4n) is 14.8. The Morgan fingerprint density at radius 3 is 2.10 bits per heavy atom. The zero-order valence-electron chi connectivity index (χ0n) is 46.7. The molecule has 0 saturated carbocycles. The number of thioether (sulfide) groups is 1. The van der Waals surface area contributed by atoms with Gasteiger partial charge in [-0.2, -0.15) is 0 Å². The van der Waals surface area contributed by atoms with Crippen LogP contribution in [-0.2, 0) is 16.2 Å². The maximum absolute atomic E-state index is 2.56. The summed E-state index contributed by atoms with van der Waals surface area (Å²) in [5.74, 6) is 0. The molecule has 80 heavy (non-hydrogen) atoms. The van der Waals surface area contributed by atoms with E-state index in [4.69, 9.17) is 0 Å². The lowest BCUT2D eigenvalue weighted by Gasteiger charge is -2.36. The van der Waals surface area contributed by atoms with Gasteiger partial charge in [0.25, 0.3) is 0 Å². The predicted octanol–water partition coefficient (Wildman–Crippen LogP) is 20.8. The van der Waals surface area contributed by atoms with Crippen LogP contribution in [0.1, 0.15) is 99.2 Å². The van der Waals surface area contributed by atoms with Crippen molar-refractivity contribution in [2.45, 2.75) is 81.4 Å². The molecule has 0 saturated heterocycles. The minimum atomic E-state index is -0.384. The molecule has 0 fully saturated rings. The van der Waals surface area contributed by atoms with Crippen LogP contribution in [0.5, 0.6) is 0 Å². The van der Waals surface area contributed by atoms with E-state index in [0.717, 1.165) is 37.1 Å². The average molecular weight is 1050 g/mol. The summed E-state index contributed by atoms with van der Waals surface area (Å²) in [6, 6.07) is 63.3. The molecule has 0 radical (unpaired) electrons. The van der Waals surface area contributed by atoms with Crippen molar-refractivity contribution in [2.75, 3.05) is 11.2 Å². The van der Waals surface area contributed by atoms with Crippen molar-refractivity contribution in [3.05, 3.63) is 293 Å².